The Hall–Kier alpha value is -3.36. The summed E-state index contributed by atoms with van der Waals surface area (Å²) in [5, 5.41) is 13.0. The first-order chi connectivity index (χ1) is 12.2. The summed E-state index contributed by atoms with van der Waals surface area (Å²) < 4.78 is 5.64. The second-order valence-electron chi connectivity index (χ2n) is 5.07. The van der Waals surface area contributed by atoms with Crippen LogP contribution in [0, 0.1) is 11.3 Å². The minimum Gasteiger partial charge on any atom is -0.455 e. The van der Waals surface area contributed by atoms with Gasteiger partial charge in [0.25, 0.3) is 5.91 Å². The van der Waals surface area contributed by atoms with Crippen LogP contribution in [0.1, 0.15) is 21.7 Å². The van der Waals surface area contributed by atoms with Crippen molar-refractivity contribution < 1.29 is 9.21 Å². The van der Waals surface area contributed by atoms with Gasteiger partial charge in [-0.2, -0.15) is 10.4 Å². The molecule has 0 atom stereocenters. The van der Waals surface area contributed by atoms with Crippen molar-refractivity contribution in [3.05, 3.63) is 82.6 Å². The first-order valence-electron chi connectivity index (χ1n) is 7.35. The van der Waals surface area contributed by atoms with Crippen LogP contribution in [0.25, 0.3) is 11.3 Å². The van der Waals surface area contributed by atoms with Gasteiger partial charge in [-0.25, -0.2) is 5.43 Å². The van der Waals surface area contributed by atoms with Crippen molar-refractivity contribution >= 4 is 23.7 Å². The Bertz CT molecular complexity index is 969. The van der Waals surface area contributed by atoms with Crippen molar-refractivity contribution in [3.63, 3.8) is 0 Å². The number of carbonyl (C=O) groups excluding carboxylic acids is 1. The van der Waals surface area contributed by atoms with E-state index in [0.29, 0.717) is 27.7 Å². The van der Waals surface area contributed by atoms with Crippen molar-refractivity contribution in [3.8, 4) is 17.4 Å². The maximum Gasteiger partial charge on any atom is 0.272 e. The summed E-state index contributed by atoms with van der Waals surface area (Å²) in [6.07, 6.45) is 1.40. The normalized spacial score (nSPS) is 10.6. The summed E-state index contributed by atoms with van der Waals surface area (Å²) in [6.45, 7) is 0. The zero-order valence-corrected chi connectivity index (χ0v) is 13.7. The van der Waals surface area contributed by atoms with E-state index in [9.17, 15) is 4.79 Å². The number of hydrogen-bond acceptors (Lipinski definition) is 4. The number of halogens is 1. The fourth-order valence-corrected chi connectivity index (χ4v) is 2.37. The van der Waals surface area contributed by atoms with Crippen LogP contribution in [0.3, 0.4) is 0 Å². The Balaban J connectivity index is 1.67. The molecule has 0 unspecified atom stereocenters. The number of rotatable bonds is 4. The second-order valence-corrected chi connectivity index (χ2v) is 5.48. The molecule has 0 bridgehead atoms. The molecule has 1 N–H and O–H groups in total. The summed E-state index contributed by atoms with van der Waals surface area (Å²) in [6, 6.07) is 19.4. The zero-order chi connectivity index (χ0) is 17.6. The minimum absolute atomic E-state index is 0.346. The van der Waals surface area contributed by atoms with Crippen LogP contribution < -0.4 is 5.43 Å². The standard InChI is InChI=1S/C19H12ClN3O2/c20-17-4-2-1-3-16(17)19(24)23-22-12-15-9-10-18(25-15)14-7-5-13(11-21)6-8-14/h1-10,12H,(H,23,24)/b22-12-. The molecule has 2 aromatic carbocycles. The Labute approximate surface area is 149 Å². The van der Waals surface area contributed by atoms with E-state index in [1.807, 2.05) is 0 Å². The van der Waals surface area contributed by atoms with E-state index >= 15 is 0 Å². The Kier molecular flexibility index (Phi) is 4.93. The van der Waals surface area contributed by atoms with Crippen LogP contribution in [-0.4, -0.2) is 12.1 Å². The molecule has 0 saturated heterocycles. The number of nitriles is 1. The van der Waals surface area contributed by atoms with Crippen LogP contribution in [0.2, 0.25) is 5.02 Å². The van der Waals surface area contributed by atoms with E-state index in [2.05, 4.69) is 16.6 Å². The Morgan fingerprint density at radius 1 is 1.12 bits per heavy atom. The van der Waals surface area contributed by atoms with Crippen LogP contribution in [0.15, 0.2) is 70.2 Å². The third-order valence-corrected chi connectivity index (χ3v) is 3.73. The molecule has 0 saturated carbocycles. The lowest BCUT2D eigenvalue weighted by atomic mass is 10.1. The smallest absolute Gasteiger partial charge is 0.272 e. The fraction of sp³-hybridized carbons (Fsp3) is 0. The van der Waals surface area contributed by atoms with E-state index in [4.69, 9.17) is 21.3 Å². The molecule has 3 aromatic rings. The number of furan rings is 1. The van der Waals surface area contributed by atoms with Crippen molar-refractivity contribution in [1.29, 1.82) is 5.26 Å². The molecule has 0 aliphatic carbocycles. The third kappa shape index (κ3) is 3.94. The van der Waals surface area contributed by atoms with Gasteiger partial charge < -0.3 is 4.42 Å². The molecule has 1 heterocycles. The lowest BCUT2D eigenvalue weighted by Crippen LogP contribution is -2.17. The number of hydrogen-bond donors (Lipinski definition) is 1. The summed E-state index contributed by atoms with van der Waals surface area (Å²) in [4.78, 5) is 12.0. The molecular formula is C19H12ClN3O2. The highest BCUT2D eigenvalue weighted by Gasteiger charge is 2.08. The lowest BCUT2D eigenvalue weighted by molar-refractivity contribution is 0.0955. The van der Waals surface area contributed by atoms with E-state index in [-0.39, 0.29) is 0 Å². The summed E-state index contributed by atoms with van der Waals surface area (Å²) >= 11 is 5.96. The van der Waals surface area contributed by atoms with E-state index in [1.165, 1.54) is 6.21 Å². The number of benzene rings is 2. The zero-order valence-electron chi connectivity index (χ0n) is 12.9. The van der Waals surface area contributed by atoms with Crippen LogP contribution >= 0.6 is 11.6 Å². The van der Waals surface area contributed by atoms with Gasteiger partial charge in [0, 0.05) is 5.56 Å². The summed E-state index contributed by atoms with van der Waals surface area (Å²) in [5.74, 6) is 0.725. The molecule has 25 heavy (non-hydrogen) atoms. The van der Waals surface area contributed by atoms with Crippen molar-refractivity contribution in [2.75, 3.05) is 0 Å². The van der Waals surface area contributed by atoms with Gasteiger partial charge in [-0.15, -0.1) is 0 Å². The fourth-order valence-electron chi connectivity index (χ4n) is 2.15. The van der Waals surface area contributed by atoms with Crippen LogP contribution in [-0.2, 0) is 0 Å². The van der Waals surface area contributed by atoms with Gasteiger partial charge in [-0.1, -0.05) is 23.7 Å². The molecule has 3 rings (SSSR count). The molecule has 0 aliphatic rings. The van der Waals surface area contributed by atoms with E-state index < -0.39 is 5.91 Å². The predicted molar refractivity (Wildman–Crippen MR) is 95.4 cm³/mol. The molecule has 1 amide bonds. The highest BCUT2D eigenvalue weighted by atomic mass is 35.5. The van der Waals surface area contributed by atoms with Gasteiger partial charge in [0.2, 0.25) is 0 Å². The van der Waals surface area contributed by atoms with Crippen LogP contribution in [0.5, 0.6) is 0 Å². The SMILES string of the molecule is N#Cc1ccc(-c2ccc(/C=N\NC(=O)c3ccccc3Cl)o2)cc1. The molecule has 0 fully saturated rings. The molecule has 0 spiro atoms. The quantitative estimate of drug-likeness (QED) is 0.565. The second kappa shape index (κ2) is 7.47. The number of amides is 1. The Morgan fingerprint density at radius 2 is 1.88 bits per heavy atom. The van der Waals surface area contributed by atoms with Gasteiger partial charge in [0.15, 0.2) is 0 Å². The topological polar surface area (TPSA) is 78.4 Å². The summed E-state index contributed by atoms with van der Waals surface area (Å²) in [7, 11) is 0. The molecule has 0 aliphatic heterocycles. The van der Waals surface area contributed by atoms with Crippen molar-refractivity contribution in [2.24, 2.45) is 5.10 Å². The predicted octanol–water partition coefficient (Wildman–Crippen LogP) is 4.24. The maximum absolute atomic E-state index is 12.0. The lowest BCUT2D eigenvalue weighted by Gasteiger charge is -2.01. The molecule has 6 heteroatoms. The van der Waals surface area contributed by atoms with Gasteiger partial charge in [-0.05, 0) is 48.5 Å². The number of carbonyl (C=O) groups is 1. The molecule has 5 nitrogen and oxygen atoms in total. The van der Waals surface area contributed by atoms with Crippen LogP contribution in [0.4, 0.5) is 0 Å². The minimum atomic E-state index is -0.402. The van der Waals surface area contributed by atoms with Gasteiger partial charge in [0.05, 0.1) is 28.4 Å². The van der Waals surface area contributed by atoms with Gasteiger partial charge >= 0.3 is 0 Å². The van der Waals surface area contributed by atoms with E-state index in [1.54, 1.807) is 60.7 Å². The van der Waals surface area contributed by atoms with Crippen molar-refractivity contribution in [2.45, 2.75) is 0 Å². The largest absolute Gasteiger partial charge is 0.455 e. The third-order valence-electron chi connectivity index (χ3n) is 3.40. The number of nitrogens with zero attached hydrogens (tertiary/aromatic N) is 2. The monoisotopic (exact) mass is 349 g/mol. The maximum atomic E-state index is 12.0. The Morgan fingerprint density at radius 3 is 2.60 bits per heavy atom. The molecule has 1 aromatic heterocycles. The highest BCUT2D eigenvalue weighted by Crippen LogP contribution is 2.22. The average molecular weight is 350 g/mol. The molecule has 0 radical (unpaired) electrons. The van der Waals surface area contributed by atoms with Crippen molar-refractivity contribution in [1.82, 2.24) is 5.43 Å². The van der Waals surface area contributed by atoms with Gasteiger partial charge in [-0.3, -0.25) is 4.79 Å². The highest BCUT2D eigenvalue weighted by molar-refractivity contribution is 6.33. The first kappa shape index (κ1) is 16.5. The first-order valence-corrected chi connectivity index (χ1v) is 7.73. The summed E-state index contributed by atoms with van der Waals surface area (Å²) in [5.41, 5.74) is 4.18. The molecular weight excluding hydrogens is 338 g/mol. The number of nitrogens with one attached hydrogen (secondary N) is 1. The number of hydrazone groups is 1. The average Bonchev–Trinajstić information content (AvgIpc) is 3.11. The van der Waals surface area contributed by atoms with Gasteiger partial charge in [0.1, 0.15) is 11.5 Å². The van der Waals surface area contributed by atoms with E-state index in [0.717, 1.165) is 5.56 Å². The molecule has 122 valence electrons.